The predicted molar refractivity (Wildman–Crippen MR) is 51.4 cm³/mol. The molecule has 0 aliphatic carbocycles. The largest absolute Gasteiger partial charge is 0.300 e. The van der Waals surface area contributed by atoms with Crippen molar-refractivity contribution in [2.24, 2.45) is 0 Å². The van der Waals surface area contributed by atoms with Gasteiger partial charge in [-0.15, -0.1) is 0 Å². The van der Waals surface area contributed by atoms with E-state index in [-0.39, 0.29) is 5.91 Å². The lowest BCUT2D eigenvalue weighted by molar-refractivity contribution is -0.118. The number of pyridine rings is 1. The quantitative estimate of drug-likeness (QED) is 0.507. The maximum absolute atomic E-state index is 11.3. The maximum Gasteiger partial charge on any atom is 0.228 e. The average Bonchev–Trinajstić information content (AvgIpc) is 2.12. The lowest BCUT2D eigenvalue weighted by Gasteiger charge is -2.24. The Morgan fingerprint density at radius 2 is 2.31 bits per heavy atom. The summed E-state index contributed by atoms with van der Waals surface area (Å²) in [6, 6.07) is 1.88. The summed E-state index contributed by atoms with van der Waals surface area (Å²) in [6.45, 7) is 0. The standard InChI is InChI=1S/C9H9BN2O/c1-12-8(13)3-2-6-4-7(10)5-11-9(6)12/h4-5H,2-3H2,1H3. The monoisotopic (exact) mass is 172 g/mol. The lowest BCUT2D eigenvalue weighted by atomic mass is 9.94. The second kappa shape index (κ2) is 2.87. The van der Waals surface area contributed by atoms with Gasteiger partial charge < -0.3 is 0 Å². The molecule has 13 heavy (non-hydrogen) atoms. The summed E-state index contributed by atoms with van der Waals surface area (Å²) >= 11 is 0. The van der Waals surface area contributed by atoms with Gasteiger partial charge in [-0.2, -0.15) is 0 Å². The molecule has 0 saturated carbocycles. The molecule has 4 heteroatoms. The van der Waals surface area contributed by atoms with Gasteiger partial charge in [-0.05, 0) is 12.0 Å². The summed E-state index contributed by atoms with van der Waals surface area (Å²) in [5.41, 5.74) is 1.71. The molecular formula is C9H9BN2O. The van der Waals surface area contributed by atoms with Gasteiger partial charge in [0.2, 0.25) is 5.91 Å². The molecule has 1 aliphatic heterocycles. The normalized spacial score (nSPS) is 15.8. The summed E-state index contributed by atoms with van der Waals surface area (Å²) in [5, 5.41) is 0. The molecule has 2 rings (SSSR count). The number of aromatic nitrogens is 1. The van der Waals surface area contributed by atoms with E-state index in [1.54, 1.807) is 18.1 Å². The molecule has 0 saturated heterocycles. The van der Waals surface area contributed by atoms with Crippen LogP contribution in [-0.4, -0.2) is 25.8 Å². The highest BCUT2D eigenvalue weighted by Crippen LogP contribution is 2.22. The SMILES string of the molecule is [B]c1cnc2c(c1)CCC(=O)N2C. The van der Waals surface area contributed by atoms with E-state index < -0.39 is 0 Å². The zero-order chi connectivity index (χ0) is 9.42. The highest BCUT2D eigenvalue weighted by molar-refractivity contribution is 6.32. The molecule has 0 atom stereocenters. The van der Waals surface area contributed by atoms with Crippen LogP contribution in [0.1, 0.15) is 12.0 Å². The fourth-order valence-corrected chi connectivity index (χ4v) is 1.54. The number of hydrogen-bond donors (Lipinski definition) is 0. The predicted octanol–water partition coefficient (Wildman–Crippen LogP) is -0.216. The van der Waals surface area contributed by atoms with Gasteiger partial charge in [-0.1, -0.05) is 11.5 Å². The summed E-state index contributed by atoms with van der Waals surface area (Å²) in [6.07, 6.45) is 2.87. The fourth-order valence-electron chi connectivity index (χ4n) is 1.54. The number of aryl methyl sites for hydroxylation is 1. The van der Waals surface area contributed by atoms with Crippen molar-refractivity contribution in [3.8, 4) is 0 Å². The first kappa shape index (κ1) is 8.29. The maximum atomic E-state index is 11.3. The molecule has 0 spiro atoms. The Kier molecular flexibility index (Phi) is 1.83. The van der Waals surface area contributed by atoms with Crippen LogP contribution >= 0.6 is 0 Å². The molecule has 1 aromatic rings. The molecule has 0 bridgehead atoms. The van der Waals surface area contributed by atoms with E-state index in [1.165, 1.54) is 0 Å². The summed E-state index contributed by atoms with van der Waals surface area (Å²) in [4.78, 5) is 17.0. The fraction of sp³-hybridized carbons (Fsp3) is 0.333. The molecular weight excluding hydrogens is 163 g/mol. The van der Waals surface area contributed by atoms with Gasteiger partial charge in [-0.3, -0.25) is 9.69 Å². The van der Waals surface area contributed by atoms with E-state index in [0.717, 1.165) is 17.8 Å². The molecule has 1 aliphatic rings. The van der Waals surface area contributed by atoms with Crippen molar-refractivity contribution < 1.29 is 4.79 Å². The van der Waals surface area contributed by atoms with Gasteiger partial charge in [0, 0.05) is 19.7 Å². The van der Waals surface area contributed by atoms with Gasteiger partial charge in [0.25, 0.3) is 0 Å². The number of anilines is 1. The molecule has 64 valence electrons. The Labute approximate surface area is 78.2 Å². The number of nitrogens with zero attached hydrogens (tertiary/aromatic N) is 2. The molecule has 0 fully saturated rings. The number of amides is 1. The van der Waals surface area contributed by atoms with E-state index in [2.05, 4.69) is 4.98 Å². The second-order valence-corrected chi connectivity index (χ2v) is 3.20. The van der Waals surface area contributed by atoms with Crippen molar-refractivity contribution in [2.45, 2.75) is 12.8 Å². The topological polar surface area (TPSA) is 33.2 Å². The number of rotatable bonds is 0. The van der Waals surface area contributed by atoms with Crippen LogP contribution in [-0.2, 0) is 11.2 Å². The van der Waals surface area contributed by atoms with Crippen LogP contribution in [0.15, 0.2) is 12.3 Å². The molecule has 0 N–H and O–H groups in total. The van der Waals surface area contributed by atoms with Crippen LogP contribution in [0.25, 0.3) is 0 Å². The summed E-state index contributed by atoms with van der Waals surface area (Å²) in [5.74, 6) is 0.857. The van der Waals surface area contributed by atoms with Crippen molar-refractivity contribution in [3.05, 3.63) is 17.8 Å². The van der Waals surface area contributed by atoms with Crippen LogP contribution in [0.4, 0.5) is 5.82 Å². The first-order valence-corrected chi connectivity index (χ1v) is 4.19. The average molecular weight is 172 g/mol. The van der Waals surface area contributed by atoms with Crippen molar-refractivity contribution >= 4 is 25.0 Å². The Hall–Kier alpha value is -1.32. The Balaban J connectivity index is 2.49. The second-order valence-electron chi connectivity index (χ2n) is 3.20. The van der Waals surface area contributed by atoms with E-state index in [1.807, 2.05) is 6.07 Å². The van der Waals surface area contributed by atoms with E-state index in [9.17, 15) is 4.79 Å². The number of carbonyl (C=O) groups is 1. The highest BCUT2D eigenvalue weighted by Gasteiger charge is 2.21. The van der Waals surface area contributed by atoms with Gasteiger partial charge >= 0.3 is 0 Å². The van der Waals surface area contributed by atoms with E-state index in [4.69, 9.17) is 7.85 Å². The first-order valence-electron chi connectivity index (χ1n) is 4.19. The smallest absolute Gasteiger partial charge is 0.228 e. The first-order chi connectivity index (χ1) is 6.18. The van der Waals surface area contributed by atoms with Gasteiger partial charge in [-0.25, -0.2) is 4.98 Å². The molecule has 3 nitrogen and oxygen atoms in total. The minimum Gasteiger partial charge on any atom is -0.300 e. The third-order valence-corrected chi connectivity index (χ3v) is 2.26. The highest BCUT2D eigenvalue weighted by atomic mass is 16.2. The number of hydrogen-bond acceptors (Lipinski definition) is 2. The Morgan fingerprint density at radius 1 is 1.54 bits per heavy atom. The summed E-state index contributed by atoms with van der Waals surface area (Å²) < 4.78 is 0. The van der Waals surface area contributed by atoms with Gasteiger partial charge in [0.15, 0.2) is 0 Å². The van der Waals surface area contributed by atoms with Gasteiger partial charge in [0.1, 0.15) is 13.7 Å². The molecule has 0 unspecified atom stereocenters. The minimum absolute atomic E-state index is 0.116. The van der Waals surface area contributed by atoms with Crippen LogP contribution < -0.4 is 10.4 Å². The Morgan fingerprint density at radius 3 is 3.08 bits per heavy atom. The van der Waals surface area contributed by atoms with E-state index in [0.29, 0.717) is 11.9 Å². The third kappa shape index (κ3) is 1.32. The molecule has 2 heterocycles. The van der Waals surface area contributed by atoms with Crippen molar-refractivity contribution in [1.29, 1.82) is 0 Å². The van der Waals surface area contributed by atoms with Crippen LogP contribution in [0, 0.1) is 0 Å². The zero-order valence-electron chi connectivity index (χ0n) is 7.45. The third-order valence-electron chi connectivity index (χ3n) is 2.26. The molecule has 2 radical (unpaired) electrons. The van der Waals surface area contributed by atoms with Crippen LogP contribution in [0.2, 0.25) is 0 Å². The number of fused-ring (bicyclic) bond motifs is 1. The Bertz CT molecular complexity index is 365. The van der Waals surface area contributed by atoms with Crippen molar-refractivity contribution in [1.82, 2.24) is 4.98 Å². The molecule has 1 aromatic heterocycles. The molecule has 0 aromatic carbocycles. The van der Waals surface area contributed by atoms with Crippen molar-refractivity contribution in [2.75, 3.05) is 11.9 Å². The van der Waals surface area contributed by atoms with Crippen molar-refractivity contribution in [3.63, 3.8) is 0 Å². The molecule has 1 amide bonds. The van der Waals surface area contributed by atoms with Crippen LogP contribution in [0.5, 0.6) is 0 Å². The summed E-state index contributed by atoms with van der Waals surface area (Å²) in [7, 11) is 7.34. The van der Waals surface area contributed by atoms with E-state index >= 15 is 0 Å². The van der Waals surface area contributed by atoms with Gasteiger partial charge in [0.05, 0.1) is 0 Å². The zero-order valence-corrected chi connectivity index (χ0v) is 7.45. The van der Waals surface area contributed by atoms with Crippen LogP contribution in [0.3, 0.4) is 0 Å². The lowest BCUT2D eigenvalue weighted by Crippen LogP contribution is -2.32. The number of carbonyl (C=O) groups excluding carboxylic acids is 1. The minimum atomic E-state index is 0.116.